The molecular weight excluding hydrogens is 400 g/mol. The summed E-state index contributed by atoms with van der Waals surface area (Å²) in [7, 11) is 0. The molecule has 1 aromatic carbocycles. The fourth-order valence-corrected chi connectivity index (χ4v) is 4.06. The van der Waals surface area contributed by atoms with Crippen LogP contribution in [0.15, 0.2) is 46.5 Å². The molecule has 1 saturated heterocycles. The van der Waals surface area contributed by atoms with Crippen LogP contribution in [-0.2, 0) is 4.74 Å². The molecule has 2 aromatic rings. The van der Waals surface area contributed by atoms with E-state index in [4.69, 9.17) is 16.3 Å². The molecule has 152 valence electrons. The Morgan fingerprint density at radius 2 is 1.86 bits per heavy atom. The molecule has 1 fully saturated rings. The Bertz CT molecular complexity index is 991. The fourth-order valence-electron chi connectivity index (χ4n) is 3.93. The Hall–Kier alpha value is -2.27. The second-order valence-electron chi connectivity index (χ2n) is 7.23. The van der Waals surface area contributed by atoms with Gasteiger partial charge in [-0.1, -0.05) is 23.7 Å². The van der Waals surface area contributed by atoms with Crippen LogP contribution in [0.3, 0.4) is 0 Å². The molecule has 4 heterocycles. The first-order chi connectivity index (χ1) is 14.0. The summed E-state index contributed by atoms with van der Waals surface area (Å²) in [6, 6.07) is 8.32. The maximum absolute atomic E-state index is 10.7. The Morgan fingerprint density at radius 3 is 2.62 bits per heavy atom. The standard InChI is InChI=1S/C19H19ClN4O5/c20-10-3-1-9(2-4-10)13(26)16-14(27)15(28)19(29-16)23-6-5-11-17-21-7-12(25)24(17)8-22-18(11)23/h1-6,8,12-16,19,25-28H,7H2. The maximum atomic E-state index is 10.7. The van der Waals surface area contributed by atoms with Crippen molar-refractivity contribution in [3.05, 3.63) is 52.7 Å². The average Bonchev–Trinajstić information content (AvgIpc) is 3.39. The lowest BCUT2D eigenvalue weighted by molar-refractivity contribution is -0.0854. The predicted octanol–water partition coefficient (Wildman–Crippen LogP) is 0.548. The Balaban J connectivity index is 1.43. The van der Waals surface area contributed by atoms with Gasteiger partial charge in [0.1, 0.15) is 42.4 Å². The summed E-state index contributed by atoms with van der Waals surface area (Å²) in [6.45, 7) is 0.253. The highest BCUT2D eigenvalue weighted by Gasteiger charge is 2.48. The molecule has 3 aliphatic heterocycles. The monoisotopic (exact) mass is 418 g/mol. The highest BCUT2D eigenvalue weighted by molar-refractivity contribution is 6.30. The van der Waals surface area contributed by atoms with Gasteiger partial charge in [-0.25, -0.2) is 4.99 Å². The van der Waals surface area contributed by atoms with Crippen LogP contribution in [0.2, 0.25) is 5.02 Å². The summed E-state index contributed by atoms with van der Waals surface area (Å²) in [6.07, 6.45) is -3.31. The number of halogens is 1. The number of nitrogens with zero attached hydrogens (tertiary/aromatic N) is 4. The van der Waals surface area contributed by atoms with E-state index in [1.165, 1.54) is 6.34 Å². The van der Waals surface area contributed by atoms with Crippen LogP contribution in [0.4, 0.5) is 5.82 Å². The normalized spacial score (nSPS) is 31.6. The molecular formula is C19H19ClN4O5. The lowest BCUT2D eigenvalue weighted by Crippen LogP contribution is -2.37. The van der Waals surface area contributed by atoms with Gasteiger partial charge in [0, 0.05) is 11.2 Å². The van der Waals surface area contributed by atoms with E-state index in [0.717, 1.165) is 0 Å². The number of hydrogen-bond acceptors (Lipinski definition) is 8. The summed E-state index contributed by atoms with van der Waals surface area (Å²) in [5, 5.41) is 42.3. The highest BCUT2D eigenvalue weighted by atomic mass is 35.5. The number of rotatable bonds is 3. The largest absolute Gasteiger partial charge is 0.387 e. The molecule has 0 bridgehead atoms. The van der Waals surface area contributed by atoms with Gasteiger partial charge in [-0.3, -0.25) is 9.89 Å². The van der Waals surface area contributed by atoms with Gasteiger partial charge in [0.2, 0.25) is 0 Å². The summed E-state index contributed by atoms with van der Waals surface area (Å²) in [5.41, 5.74) is 1.21. The molecule has 0 aliphatic carbocycles. The number of benzene rings is 1. The molecule has 0 radical (unpaired) electrons. The number of aliphatic hydroxyl groups excluding tert-OH is 4. The predicted molar refractivity (Wildman–Crippen MR) is 104 cm³/mol. The average molecular weight is 419 g/mol. The van der Waals surface area contributed by atoms with Crippen molar-refractivity contribution in [1.29, 1.82) is 0 Å². The molecule has 1 aromatic heterocycles. The zero-order chi connectivity index (χ0) is 20.3. The number of amidine groups is 1. The lowest BCUT2D eigenvalue weighted by Gasteiger charge is -2.24. The minimum absolute atomic E-state index is 0.253. The SMILES string of the molecule is OC(c1ccc(Cl)cc1)C1OC(n2ccc3c2N=CN2C3=NCC2O)C(O)C1O. The minimum atomic E-state index is -1.31. The van der Waals surface area contributed by atoms with E-state index in [-0.39, 0.29) is 6.54 Å². The van der Waals surface area contributed by atoms with Gasteiger partial charge >= 0.3 is 0 Å². The second kappa shape index (κ2) is 6.91. The van der Waals surface area contributed by atoms with Gasteiger partial charge in [0.05, 0.1) is 12.1 Å². The quantitative estimate of drug-likeness (QED) is 0.577. The minimum Gasteiger partial charge on any atom is -0.387 e. The summed E-state index contributed by atoms with van der Waals surface area (Å²) in [4.78, 5) is 10.3. The third kappa shape index (κ3) is 2.90. The zero-order valence-electron chi connectivity index (χ0n) is 15.1. The molecule has 6 atom stereocenters. The van der Waals surface area contributed by atoms with E-state index in [1.807, 2.05) is 0 Å². The van der Waals surface area contributed by atoms with Crippen LogP contribution in [0.25, 0.3) is 0 Å². The molecule has 0 saturated carbocycles. The van der Waals surface area contributed by atoms with Gasteiger partial charge in [-0.05, 0) is 23.8 Å². The lowest BCUT2D eigenvalue weighted by atomic mass is 9.99. The van der Waals surface area contributed by atoms with Crippen LogP contribution in [-0.4, -0.2) is 73.2 Å². The van der Waals surface area contributed by atoms with E-state index in [9.17, 15) is 20.4 Å². The van der Waals surface area contributed by atoms with Crippen LogP contribution in [0.5, 0.6) is 0 Å². The topological polar surface area (TPSA) is 123 Å². The number of hydrogen-bond donors (Lipinski definition) is 4. The summed E-state index contributed by atoms with van der Waals surface area (Å²) < 4.78 is 7.47. The number of aliphatic imine (C=N–C) groups is 2. The Morgan fingerprint density at radius 1 is 1.10 bits per heavy atom. The van der Waals surface area contributed by atoms with Crippen LogP contribution >= 0.6 is 11.6 Å². The molecule has 29 heavy (non-hydrogen) atoms. The zero-order valence-corrected chi connectivity index (χ0v) is 15.8. The molecule has 4 N–H and O–H groups in total. The van der Waals surface area contributed by atoms with Gasteiger partial charge in [-0.15, -0.1) is 0 Å². The maximum Gasteiger partial charge on any atom is 0.164 e. The molecule has 0 spiro atoms. The first-order valence-corrected chi connectivity index (χ1v) is 9.55. The van der Waals surface area contributed by atoms with Crippen molar-refractivity contribution < 1.29 is 25.2 Å². The Kier molecular flexibility index (Phi) is 4.46. The van der Waals surface area contributed by atoms with Crippen LogP contribution in [0, 0.1) is 0 Å². The van der Waals surface area contributed by atoms with Crippen molar-refractivity contribution in [2.24, 2.45) is 9.98 Å². The van der Waals surface area contributed by atoms with Crippen molar-refractivity contribution in [3.8, 4) is 0 Å². The Labute approximate surface area is 170 Å². The summed E-state index contributed by atoms with van der Waals surface area (Å²) >= 11 is 5.89. The molecule has 9 nitrogen and oxygen atoms in total. The number of aliphatic hydroxyl groups is 4. The third-order valence-corrected chi connectivity index (χ3v) is 5.73. The smallest absolute Gasteiger partial charge is 0.164 e. The summed E-state index contributed by atoms with van der Waals surface area (Å²) in [5.74, 6) is 1.08. The van der Waals surface area contributed by atoms with Crippen molar-refractivity contribution in [2.75, 3.05) is 6.54 Å². The second-order valence-corrected chi connectivity index (χ2v) is 7.66. The van der Waals surface area contributed by atoms with Gasteiger partial charge in [0.25, 0.3) is 0 Å². The van der Waals surface area contributed by atoms with E-state index < -0.39 is 36.9 Å². The van der Waals surface area contributed by atoms with Crippen molar-refractivity contribution in [2.45, 2.75) is 36.9 Å². The van der Waals surface area contributed by atoms with Crippen molar-refractivity contribution in [1.82, 2.24) is 9.47 Å². The highest BCUT2D eigenvalue weighted by Crippen LogP contribution is 2.40. The number of ether oxygens (including phenoxy) is 1. The van der Waals surface area contributed by atoms with Gasteiger partial charge in [0.15, 0.2) is 12.5 Å². The van der Waals surface area contributed by atoms with Crippen LogP contribution < -0.4 is 0 Å². The first kappa shape index (κ1) is 18.7. The molecule has 3 aliphatic rings. The van der Waals surface area contributed by atoms with Gasteiger partial charge in [-0.2, -0.15) is 0 Å². The van der Waals surface area contributed by atoms with E-state index in [0.29, 0.717) is 27.8 Å². The van der Waals surface area contributed by atoms with Crippen LogP contribution in [0.1, 0.15) is 23.5 Å². The molecule has 6 unspecified atom stereocenters. The third-order valence-electron chi connectivity index (χ3n) is 5.47. The van der Waals surface area contributed by atoms with E-state index in [2.05, 4.69) is 9.98 Å². The molecule has 10 heteroatoms. The van der Waals surface area contributed by atoms with Crippen molar-refractivity contribution in [3.63, 3.8) is 0 Å². The van der Waals surface area contributed by atoms with Crippen molar-refractivity contribution >= 4 is 29.6 Å². The number of aromatic nitrogens is 1. The van der Waals surface area contributed by atoms with E-state index in [1.54, 1.807) is 46.0 Å². The van der Waals surface area contributed by atoms with Gasteiger partial charge < -0.3 is 29.7 Å². The first-order valence-electron chi connectivity index (χ1n) is 9.17. The molecule has 5 rings (SSSR count). The molecule has 0 amide bonds. The van der Waals surface area contributed by atoms with E-state index >= 15 is 0 Å². The fraction of sp³-hybridized carbons (Fsp3) is 0.368. The number of fused-ring (bicyclic) bond motifs is 3.